The van der Waals surface area contributed by atoms with Crippen LogP contribution in [0.1, 0.15) is 35.1 Å². The highest BCUT2D eigenvalue weighted by Crippen LogP contribution is 2.45. The smallest absolute Gasteiger partial charge is 0.306 e. The molecule has 6 heteroatoms. The molecule has 0 aromatic heterocycles. The maximum Gasteiger partial charge on any atom is 0.306 e. The quantitative estimate of drug-likeness (QED) is 0.535. The monoisotopic (exact) mass is 474 g/mol. The molecule has 1 saturated heterocycles. The third-order valence-electron chi connectivity index (χ3n) is 7.20. The molecule has 1 fully saturated rings. The van der Waals surface area contributed by atoms with Gasteiger partial charge >= 0.3 is 5.97 Å². The third-order valence-corrected chi connectivity index (χ3v) is 8.67. The van der Waals surface area contributed by atoms with Crippen molar-refractivity contribution in [2.24, 2.45) is 5.92 Å². The number of rotatable bonds is 5. The number of para-hydroxylation sites is 1. The molecular formula is C28H30N2O3S. The van der Waals surface area contributed by atoms with Gasteiger partial charge < -0.3 is 10.0 Å². The predicted octanol–water partition coefficient (Wildman–Crippen LogP) is 5.42. The summed E-state index contributed by atoms with van der Waals surface area (Å²) in [5.74, 6) is -0.866. The number of nitrogens with zero attached hydrogens (tertiary/aromatic N) is 2. The van der Waals surface area contributed by atoms with Gasteiger partial charge in [-0.1, -0.05) is 42.5 Å². The highest BCUT2D eigenvalue weighted by molar-refractivity contribution is 7.85. The highest BCUT2D eigenvalue weighted by Gasteiger charge is 2.30. The molecule has 0 spiro atoms. The topological polar surface area (TPSA) is 60.9 Å². The second-order valence-electron chi connectivity index (χ2n) is 9.38. The fourth-order valence-electron chi connectivity index (χ4n) is 5.03. The standard InChI is InChI=1S/C28H30N2O3S/c1-19-7-12-26-27(20(19)2)30(24-5-3-4-6-25(24)34(26)33)18-22-10-8-21(9-11-22)17-29-15-13-23(14-16-29)28(31)32/h3-12,23H,13-18H2,1-2H3,(H,31,32). The Labute approximate surface area is 203 Å². The van der Waals surface area contributed by atoms with Crippen molar-refractivity contribution < 1.29 is 14.1 Å². The number of carbonyl (C=O) groups is 1. The van der Waals surface area contributed by atoms with Crippen molar-refractivity contribution in [3.8, 4) is 0 Å². The Morgan fingerprint density at radius 3 is 2.24 bits per heavy atom. The lowest BCUT2D eigenvalue weighted by Gasteiger charge is -2.34. The van der Waals surface area contributed by atoms with E-state index >= 15 is 0 Å². The molecule has 34 heavy (non-hydrogen) atoms. The summed E-state index contributed by atoms with van der Waals surface area (Å²) in [5, 5.41) is 9.21. The normalized spacial score (nSPS) is 18.4. The van der Waals surface area contributed by atoms with Crippen molar-refractivity contribution in [3.05, 3.63) is 82.9 Å². The Hall–Kier alpha value is -2.96. The van der Waals surface area contributed by atoms with E-state index in [1.54, 1.807) is 0 Å². The zero-order valence-electron chi connectivity index (χ0n) is 19.7. The SMILES string of the molecule is Cc1ccc2c(c1C)N(Cc1ccc(CN3CCC(C(=O)O)CC3)cc1)c1ccccc1S2=O. The minimum atomic E-state index is -1.18. The van der Waals surface area contributed by atoms with Crippen LogP contribution >= 0.6 is 0 Å². The average Bonchev–Trinajstić information content (AvgIpc) is 2.85. The predicted molar refractivity (Wildman–Crippen MR) is 135 cm³/mol. The number of carboxylic acids is 1. The van der Waals surface area contributed by atoms with Crippen LogP contribution in [0, 0.1) is 19.8 Å². The van der Waals surface area contributed by atoms with Gasteiger partial charge in [-0.15, -0.1) is 0 Å². The first-order chi connectivity index (χ1) is 16.4. The highest BCUT2D eigenvalue weighted by atomic mass is 32.2. The summed E-state index contributed by atoms with van der Waals surface area (Å²) in [7, 11) is -1.18. The molecule has 5 rings (SSSR count). The first kappa shape index (κ1) is 22.8. The van der Waals surface area contributed by atoms with E-state index in [1.807, 2.05) is 24.3 Å². The molecule has 2 heterocycles. The van der Waals surface area contributed by atoms with E-state index in [-0.39, 0.29) is 5.92 Å². The molecule has 0 aliphatic carbocycles. The summed E-state index contributed by atoms with van der Waals surface area (Å²) in [6, 6.07) is 20.8. The number of benzene rings is 3. The molecule has 5 nitrogen and oxygen atoms in total. The fraction of sp³-hybridized carbons (Fsp3) is 0.321. The van der Waals surface area contributed by atoms with Crippen molar-refractivity contribution in [2.45, 2.75) is 49.6 Å². The first-order valence-electron chi connectivity index (χ1n) is 11.8. The lowest BCUT2D eigenvalue weighted by Crippen LogP contribution is -2.35. The van der Waals surface area contributed by atoms with E-state index in [0.717, 1.165) is 53.6 Å². The summed E-state index contributed by atoms with van der Waals surface area (Å²) in [6.07, 6.45) is 1.45. The number of piperidine rings is 1. The number of aliphatic carboxylic acids is 1. The zero-order chi connectivity index (χ0) is 23.8. The van der Waals surface area contributed by atoms with Crippen LogP contribution in [0.2, 0.25) is 0 Å². The summed E-state index contributed by atoms with van der Waals surface area (Å²) in [6.45, 7) is 7.43. The van der Waals surface area contributed by atoms with Gasteiger partial charge in [0, 0.05) is 13.1 Å². The molecule has 0 saturated carbocycles. The number of hydrogen-bond acceptors (Lipinski definition) is 4. The van der Waals surface area contributed by atoms with Crippen molar-refractivity contribution in [1.82, 2.24) is 4.90 Å². The van der Waals surface area contributed by atoms with Gasteiger partial charge in [0.05, 0.1) is 37.9 Å². The molecule has 176 valence electrons. The Bertz CT molecular complexity index is 1250. The molecule has 1 N–H and O–H groups in total. The van der Waals surface area contributed by atoms with Gasteiger partial charge in [-0.2, -0.15) is 0 Å². The molecule has 2 aliphatic rings. The van der Waals surface area contributed by atoms with E-state index in [9.17, 15) is 14.1 Å². The molecule has 1 unspecified atom stereocenters. The number of anilines is 2. The van der Waals surface area contributed by atoms with Crippen molar-refractivity contribution in [2.75, 3.05) is 18.0 Å². The van der Waals surface area contributed by atoms with Crippen LogP contribution in [0.3, 0.4) is 0 Å². The maximum absolute atomic E-state index is 13.3. The van der Waals surface area contributed by atoms with Gasteiger partial charge in [0.2, 0.25) is 0 Å². The summed E-state index contributed by atoms with van der Waals surface area (Å²) < 4.78 is 13.3. The third kappa shape index (κ3) is 4.28. The Kier molecular flexibility index (Phi) is 6.28. The number of hydrogen-bond donors (Lipinski definition) is 1. The van der Waals surface area contributed by atoms with E-state index in [0.29, 0.717) is 6.54 Å². The number of likely N-dealkylation sites (tertiary alicyclic amines) is 1. The van der Waals surface area contributed by atoms with Crippen LogP contribution in [0.4, 0.5) is 11.4 Å². The van der Waals surface area contributed by atoms with Gasteiger partial charge in [-0.25, -0.2) is 4.21 Å². The molecule has 2 aliphatic heterocycles. The van der Waals surface area contributed by atoms with Crippen LogP contribution in [0.15, 0.2) is 70.5 Å². The maximum atomic E-state index is 13.3. The van der Waals surface area contributed by atoms with Gasteiger partial charge in [-0.05, 0) is 80.2 Å². The molecule has 1 atom stereocenters. The van der Waals surface area contributed by atoms with Gasteiger partial charge in [0.1, 0.15) is 0 Å². The second-order valence-corrected chi connectivity index (χ2v) is 10.8. The minimum absolute atomic E-state index is 0.199. The Morgan fingerprint density at radius 1 is 0.912 bits per heavy atom. The van der Waals surface area contributed by atoms with E-state index in [2.05, 4.69) is 60.0 Å². The molecule has 0 bridgehead atoms. The number of fused-ring (bicyclic) bond motifs is 2. The largest absolute Gasteiger partial charge is 0.481 e. The van der Waals surface area contributed by atoms with Crippen LogP contribution in [0.25, 0.3) is 0 Å². The minimum Gasteiger partial charge on any atom is -0.481 e. The van der Waals surface area contributed by atoms with Crippen LogP contribution in [-0.4, -0.2) is 33.3 Å². The molecule has 0 radical (unpaired) electrons. The van der Waals surface area contributed by atoms with Crippen LogP contribution in [-0.2, 0) is 28.7 Å². The van der Waals surface area contributed by atoms with Crippen LogP contribution in [0.5, 0.6) is 0 Å². The van der Waals surface area contributed by atoms with Gasteiger partial charge in [0.25, 0.3) is 0 Å². The molecule has 3 aromatic rings. The van der Waals surface area contributed by atoms with Crippen LogP contribution < -0.4 is 4.90 Å². The first-order valence-corrected chi connectivity index (χ1v) is 13.0. The molecule has 3 aromatic carbocycles. The Balaban J connectivity index is 1.37. The average molecular weight is 475 g/mol. The van der Waals surface area contributed by atoms with Crippen molar-refractivity contribution in [1.29, 1.82) is 0 Å². The number of aryl methyl sites for hydroxylation is 1. The zero-order valence-corrected chi connectivity index (χ0v) is 20.5. The summed E-state index contributed by atoms with van der Waals surface area (Å²) in [5.41, 5.74) is 6.87. The number of carboxylic acid groups (broad SMARTS) is 1. The lowest BCUT2D eigenvalue weighted by molar-refractivity contribution is -0.143. The molecular weight excluding hydrogens is 444 g/mol. The second kappa shape index (κ2) is 9.35. The van der Waals surface area contributed by atoms with Crippen molar-refractivity contribution in [3.63, 3.8) is 0 Å². The lowest BCUT2D eigenvalue weighted by atomic mass is 9.97. The van der Waals surface area contributed by atoms with E-state index < -0.39 is 16.8 Å². The van der Waals surface area contributed by atoms with Gasteiger partial charge in [-0.3, -0.25) is 9.69 Å². The Morgan fingerprint density at radius 2 is 1.56 bits per heavy atom. The summed E-state index contributed by atoms with van der Waals surface area (Å²) >= 11 is 0. The van der Waals surface area contributed by atoms with Crippen molar-refractivity contribution >= 4 is 28.1 Å². The van der Waals surface area contributed by atoms with Gasteiger partial charge in [0.15, 0.2) is 0 Å². The fourth-order valence-corrected chi connectivity index (χ4v) is 6.47. The summed E-state index contributed by atoms with van der Waals surface area (Å²) in [4.78, 5) is 17.6. The molecule has 0 amide bonds. The van der Waals surface area contributed by atoms with E-state index in [4.69, 9.17) is 0 Å². The van der Waals surface area contributed by atoms with E-state index in [1.165, 1.54) is 22.3 Å².